The van der Waals surface area contributed by atoms with Crippen molar-refractivity contribution in [2.75, 3.05) is 11.9 Å². The van der Waals surface area contributed by atoms with Crippen molar-refractivity contribution in [3.05, 3.63) is 88.7 Å². The number of pyridine rings is 1. The highest BCUT2D eigenvalue weighted by Gasteiger charge is 2.27. The molecule has 0 radical (unpaired) electrons. The largest absolute Gasteiger partial charge is 0.424 e. The lowest BCUT2D eigenvalue weighted by molar-refractivity contribution is 0.0684. The molecule has 174 valence electrons. The Kier molecular flexibility index (Phi) is 6.77. The van der Waals surface area contributed by atoms with Crippen LogP contribution in [0.5, 0.6) is 0 Å². The molecule has 1 fully saturated rings. The minimum absolute atomic E-state index is 0.0549. The number of hydrogen-bond donors (Lipinski definition) is 1. The minimum Gasteiger partial charge on any atom is -0.424 e. The summed E-state index contributed by atoms with van der Waals surface area (Å²) in [6.07, 6.45) is 8.88. The van der Waals surface area contributed by atoms with Gasteiger partial charge in [0.2, 0.25) is 0 Å². The number of hydrogen-bond acceptors (Lipinski definition) is 5. The van der Waals surface area contributed by atoms with Crippen LogP contribution in [0.1, 0.15) is 47.2 Å². The molecule has 4 aromatic rings. The average molecular weight is 475 g/mol. The number of nitrogens with one attached hydrogen (secondary N) is 1. The Hall–Kier alpha value is -3.38. The Labute approximate surface area is 204 Å². The molecule has 6 nitrogen and oxygen atoms in total. The Bertz CT molecular complexity index is 1270. The van der Waals surface area contributed by atoms with Crippen molar-refractivity contribution in [3.8, 4) is 0 Å². The van der Waals surface area contributed by atoms with Crippen molar-refractivity contribution in [3.63, 3.8) is 0 Å². The summed E-state index contributed by atoms with van der Waals surface area (Å²) in [7, 11) is 0. The highest BCUT2D eigenvalue weighted by molar-refractivity contribution is 6.30. The van der Waals surface area contributed by atoms with Gasteiger partial charge in [-0.2, -0.15) is 4.98 Å². The lowest BCUT2D eigenvalue weighted by Crippen LogP contribution is -2.40. The van der Waals surface area contributed by atoms with Gasteiger partial charge in [0.05, 0.1) is 0 Å². The Morgan fingerprint density at radius 1 is 1.06 bits per heavy atom. The minimum atomic E-state index is 0.0549. The van der Waals surface area contributed by atoms with Crippen molar-refractivity contribution in [2.45, 2.75) is 44.7 Å². The molecule has 7 heteroatoms. The number of amides is 1. The van der Waals surface area contributed by atoms with Gasteiger partial charge < -0.3 is 14.6 Å². The van der Waals surface area contributed by atoms with Gasteiger partial charge in [-0.05, 0) is 72.9 Å². The molecule has 5 rings (SSSR count). The number of carbonyl (C=O) groups is 1. The molecule has 0 saturated heterocycles. The van der Waals surface area contributed by atoms with Gasteiger partial charge in [-0.15, -0.1) is 0 Å². The van der Waals surface area contributed by atoms with Gasteiger partial charge in [0, 0.05) is 42.1 Å². The predicted octanol–water partition coefficient (Wildman–Crippen LogP) is 6.12. The number of rotatable bonds is 8. The molecule has 1 aliphatic rings. The van der Waals surface area contributed by atoms with Crippen molar-refractivity contribution in [1.29, 1.82) is 0 Å². The van der Waals surface area contributed by atoms with Crippen molar-refractivity contribution in [2.24, 2.45) is 0 Å². The van der Waals surface area contributed by atoms with E-state index in [1.54, 1.807) is 12.4 Å². The summed E-state index contributed by atoms with van der Waals surface area (Å²) in [6.45, 7) is 1.24. The van der Waals surface area contributed by atoms with Crippen molar-refractivity contribution in [1.82, 2.24) is 14.9 Å². The first-order valence-electron chi connectivity index (χ1n) is 11.7. The molecule has 2 aromatic carbocycles. The molecule has 0 spiro atoms. The molecule has 0 bridgehead atoms. The predicted molar refractivity (Wildman–Crippen MR) is 134 cm³/mol. The quantitative estimate of drug-likeness (QED) is 0.333. The molecular weight excluding hydrogens is 448 g/mol. The van der Waals surface area contributed by atoms with Gasteiger partial charge in [0.15, 0.2) is 5.58 Å². The summed E-state index contributed by atoms with van der Waals surface area (Å²) in [6, 6.07) is 17.9. The smallest absolute Gasteiger partial charge is 0.295 e. The monoisotopic (exact) mass is 474 g/mol. The second-order valence-electron chi connectivity index (χ2n) is 8.73. The molecule has 0 unspecified atom stereocenters. The van der Waals surface area contributed by atoms with Crippen LogP contribution in [0.3, 0.4) is 0 Å². The highest BCUT2D eigenvalue weighted by Crippen LogP contribution is 2.27. The first-order chi connectivity index (χ1) is 16.7. The summed E-state index contributed by atoms with van der Waals surface area (Å²) in [4.78, 5) is 24.3. The zero-order chi connectivity index (χ0) is 23.3. The fourth-order valence-electron chi connectivity index (χ4n) is 4.59. The molecule has 2 heterocycles. The number of aromatic nitrogens is 2. The van der Waals surface area contributed by atoms with Crippen LogP contribution in [-0.2, 0) is 13.0 Å². The van der Waals surface area contributed by atoms with E-state index in [1.165, 1.54) is 18.4 Å². The van der Waals surface area contributed by atoms with E-state index < -0.39 is 0 Å². The third-order valence-electron chi connectivity index (χ3n) is 6.38. The third kappa shape index (κ3) is 5.23. The SMILES string of the molecule is O=C(c1ccc2oc(NCc3cccc(Cl)c3)nc2c1)N(CCc1ccncc1)C1CCCC1. The van der Waals surface area contributed by atoms with E-state index in [-0.39, 0.29) is 11.9 Å². The van der Waals surface area contributed by atoms with E-state index in [9.17, 15) is 4.79 Å². The third-order valence-corrected chi connectivity index (χ3v) is 6.62. The topological polar surface area (TPSA) is 71.3 Å². The first kappa shape index (κ1) is 22.4. The second-order valence-corrected chi connectivity index (χ2v) is 9.16. The van der Waals surface area contributed by atoms with E-state index in [4.69, 9.17) is 16.0 Å². The number of carbonyl (C=O) groups excluding carboxylic acids is 1. The Balaban J connectivity index is 1.32. The molecule has 0 atom stereocenters. The fraction of sp³-hybridized carbons (Fsp3) is 0.296. The summed E-state index contributed by atoms with van der Waals surface area (Å²) in [5, 5.41) is 3.89. The number of fused-ring (bicyclic) bond motifs is 1. The van der Waals surface area contributed by atoms with E-state index in [0.717, 1.165) is 24.8 Å². The van der Waals surface area contributed by atoms with Gasteiger partial charge >= 0.3 is 0 Å². The summed E-state index contributed by atoms with van der Waals surface area (Å²) in [5.41, 5.74) is 4.18. The molecule has 1 saturated carbocycles. The van der Waals surface area contributed by atoms with Crippen LogP contribution in [0.15, 0.2) is 71.4 Å². The van der Waals surface area contributed by atoms with Crippen molar-refractivity contribution < 1.29 is 9.21 Å². The highest BCUT2D eigenvalue weighted by atomic mass is 35.5. The van der Waals surface area contributed by atoms with Crippen LogP contribution < -0.4 is 5.32 Å². The number of benzene rings is 2. The molecule has 1 N–H and O–H groups in total. The molecule has 34 heavy (non-hydrogen) atoms. The summed E-state index contributed by atoms with van der Waals surface area (Å²) in [5.74, 6) is 0.0549. The normalized spacial score (nSPS) is 13.9. The van der Waals surface area contributed by atoms with Crippen LogP contribution in [0.2, 0.25) is 5.02 Å². The Morgan fingerprint density at radius 3 is 2.68 bits per heavy atom. The number of oxazole rings is 1. The number of anilines is 1. The number of halogens is 1. The van der Waals surface area contributed by atoms with E-state index in [1.807, 2.05) is 59.5 Å². The molecule has 2 aromatic heterocycles. The van der Waals surface area contributed by atoms with Crippen LogP contribution >= 0.6 is 11.6 Å². The maximum absolute atomic E-state index is 13.6. The molecule has 1 aliphatic carbocycles. The van der Waals surface area contributed by atoms with Crippen molar-refractivity contribution >= 4 is 34.6 Å². The van der Waals surface area contributed by atoms with Crippen LogP contribution in [-0.4, -0.2) is 33.4 Å². The maximum Gasteiger partial charge on any atom is 0.295 e. The Morgan fingerprint density at radius 2 is 1.88 bits per heavy atom. The maximum atomic E-state index is 13.6. The van der Waals surface area contributed by atoms with Gasteiger partial charge in [-0.25, -0.2) is 0 Å². The van der Waals surface area contributed by atoms with E-state index in [2.05, 4.69) is 15.3 Å². The van der Waals surface area contributed by atoms with Crippen LogP contribution in [0.25, 0.3) is 11.1 Å². The first-order valence-corrected chi connectivity index (χ1v) is 12.1. The lowest BCUT2D eigenvalue weighted by Gasteiger charge is -2.29. The average Bonchev–Trinajstić information content (AvgIpc) is 3.53. The fourth-order valence-corrected chi connectivity index (χ4v) is 4.80. The van der Waals surface area contributed by atoms with Crippen LogP contribution in [0, 0.1) is 0 Å². The zero-order valence-electron chi connectivity index (χ0n) is 18.9. The van der Waals surface area contributed by atoms with E-state index in [0.29, 0.717) is 40.8 Å². The van der Waals surface area contributed by atoms with Gasteiger partial charge in [-0.1, -0.05) is 36.6 Å². The van der Waals surface area contributed by atoms with Gasteiger partial charge in [0.25, 0.3) is 11.9 Å². The zero-order valence-corrected chi connectivity index (χ0v) is 19.7. The number of nitrogens with zero attached hydrogens (tertiary/aromatic N) is 3. The van der Waals surface area contributed by atoms with Gasteiger partial charge in [0.1, 0.15) is 5.52 Å². The summed E-state index contributed by atoms with van der Waals surface area (Å²) >= 11 is 6.06. The molecular formula is C27H27ClN4O2. The van der Waals surface area contributed by atoms with E-state index >= 15 is 0 Å². The molecule has 1 amide bonds. The second kappa shape index (κ2) is 10.3. The standard InChI is InChI=1S/C27H27ClN4O2/c28-22-5-3-4-20(16-22)18-30-27-31-24-17-21(8-9-25(24)34-27)26(33)32(23-6-1-2-7-23)15-12-19-10-13-29-14-11-19/h3-5,8-11,13-14,16-17,23H,1-2,6-7,12,15,18H2,(H,30,31). The lowest BCUT2D eigenvalue weighted by atomic mass is 10.1. The van der Waals surface area contributed by atoms with Crippen LogP contribution in [0.4, 0.5) is 6.01 Å². The summed E-state index contributed by atoms with van der Waals surface area (Å²) < 4.78 is 5.83. The van der Waals surface area contributed by atoms with Gasteiger partial charge in [-0.3, -0.25) is 9.78 Å². The molecule has 0 aliphatic heterocycles.